The van der Waals surface area contributed by atoms with Crippen LogP contribution in [0, 0.1) is 63.1 Å². The molecule has 2 saturated carbocycles. The van der Waals surface area contributed by atoms with E-state index < -0.39 is 29.4 Å². The third-order valence-corrected chi connectivity index (χ3v) is 21.1. The van der Waals surface area contributed by atoms with Crippen LogP contribution >= 0.6 is 43.2 Å². The second kappa shape index (κ2) is 20.0. The Bertz CT molecular complexity index is 1510. The molecule has 0 aliphatic heterocycles. The van der Waals surface area contributed by atoms with Crippen LogP contribution in [0.2, 0.25) is 0 Å². The van der Waals surface area contributed by atoms with Crippen molar-refractivity contribution >= 4 is 67.1 Å². The standard InChI is InChI=1S/C46H76O8S4/c1-28(14-13-20-42(6,7)54-41(52)32(5)27-58-56-25-30(3)39(49)50)33-17-22-46(12)35-15-16-36-43(8,9)37(19-21-44(36,10)34(35)18-23-45(33,46)11)53-40(51)31(4)26-57-55-24-29(2)38(47)48/h28-33,36-37H,13-27H2,1-12H3,(H,47,48)(H,49,50)/t28-,29?,30?,31?,32+,33-,36+,37?,44-,45-,46+/m1/s1. The van der Waals surface area contributed by atoms with Crippen LogP contribution in [-0.4, -0.2) is 68.8 Å². The van der Waals surface area contributed by atoms with Gasteiger partial charge in [0.15, 0.2) is 0 Å². The minimum absolute atomic E-state index is 0.102. The maximum atomic E-state index is 13.4. The van der Waals surface area contributed by atoms with Gasteiger partial charge in [0.25, 0.3) is 0 Å². The van der Waals surface area contributed by atoms with Gasteiger partial charge < -0.3 is 19.7 Å². The number of aliphatic carboxylic acids is 2. The number of rotatable bonds is 21. The van der Waals surface area contributed by atoms with Crippen LogP contribution < -0.4 is 0 Å². The zero-order chi connectivity index (χ0) is 43.4. The highest BCUT2D eigenvalue weighted by Crippen LogP contribution is 2.72. The minimum Gasteiger partial charge on any atom is -0.481 e. The van der Waals surface area contributed by atoms with Gasteiger partial charge in [0.05, 0.1) is 23.7 Å². The Kier molecular flexibility index (Phi) is 17.2. The minimum atomic E-state index is -0.794. The highest BCUT2D eigenvalue weighted by molar-refractivity contribution is 8.77. The van der Waals surface area contributed by atoms with Crippen molar-refractivity contribution in [2.24, 2.45) is 63.1 Å². The number of hydrogen-bond acceptors (Lipinski definition) is 10. The number of esters is 2. The molecule has 11 atom stereocenters. The molecule has 0 spiro atoms. The largest absolute Gasteiger partial charge is 0.481 e. The fourth-order valence-corrected chi connectivity index (χ4v) is 16.8. The summed E-state index contributed by atoms with van der Waals surface area (Å²) in [6.45, 7) is 26.2. The number of ether oxygens (including phenoxy) is 2. The van der Waals surface area contributed by atoms with E-state index in [4.69, 9.17) is 19.7 Å². The van der Waals surface area contributed by atoms with Crippen molar-refractivity contribution in [3.05, 3.63) is 11.1 Å². The Hall–Kier alpha value is -0.980. The number of fused-ring (bicyclic) bond motifs is 4. The third-order valence-electron chi connectivity index (χ3n) is 15.6. The number of carbonyl (C=O) groups excluding carboxylic acids is 2. The summed E-state index contributed by atoms with van der Waals surface area (Å²) in [6, 6.07) is 0. The average molecular weight is 885 g/mol. The van der Waals surface area contributed by atoms with Crippen LogP contribution in [0.5, 0.6) is 0 Å². The monoisotopic (exact) mass is 884 g/mol. The van der Waals surface area contributed by atoms with Gasteiger partial charge in [-0.2, -0.15) is 0 Å². The molecule has 58 heavy (non-hydrogen) atoms. The van der Waals surface area contributed by atoms with Gasteiger partial charge in [0, 0.05) is 28.4 Å². The molecule has 0 aromatic carbocycles. The summed E-state index contributed by atoms with van der Waals surface area (Å²) in [5.41, 5.74) is 3.40. The highest BCUT2D eigenvalue weighted by atomic mass is 33.1. The summed E-state index contributed by atoms with van der Waals surface area (Å²) in [5, 5.41) is 18.3. The molecule has 2 N–H and O–H groups in total. The zero-order valence-corrected chi connectivity index (χ0v) is 41.0. The van der Waals surface area contributed by atoms with E-state index in [0.717, 1.165) is 44.9 Å². The van der Waals surface area contributed by atoms with Crippen molar-refractivity contribution in [2.45, 2.75) is 165 Å². The Labute approximate surface area is 366 Å². The van der Waals surface area contributed by atoms with Crippen molar-refractivity contribution in [1.29, 1.82) is 0 Å². The number of hydrogen-bond donors (Lipinski definition) is 2. The van der Waals surface area contributed by atoms with Crippen molar-refractivity contribution in [3.63, 3.8) is 0 Å². The van der Waals surface area contributed by atoms with Gasteiger partial charge in [-0.15, -0.1) is 0 Å². The van der Waals surface area contributed by atoms with E-state index in [9.17, 15) is 19.2 Å². The van der Waals surface area contributed by atoms with Gasteiger partial charge in [-0.25, -0.2) is 0 Å². The molecule has 4 aliphatic carbocycles. The number of carbonyl (C=O) groups is 4. The van der Waals surface area contributed by atoms with E-state index in [1.165, 1.54) is 47.3 Å². The lowest BCUT2D eigenvalue weighted by atomic mass is 9.43. The van der Waals surface area contributed by atoms with Crippen LogP contribution in [0.3, 0.4) is 0 Å². The van der Waals surface area contributed by atoms with Crippen LogP contribution in [0.15, 0.2) is 11.1 Å². The smallest absolute Gasteiger partial charge is 0.310 e. The summed E-state index contributed by atoms with van der Waals surface area (Å²) in [6.07, 6.45) is 12.0. The van der Waals surface area contributed by atoms with Gasteiger partial charge in [-0.1, -0.05) is 130 Å². The molecule has 0 saturated heterocycles. The van der Waals surface area contributed by atoms with E-state index in [-0.39, 0.29) is 51.5 Å². The Morgan fingerprint density at radius 3 is 1.79 bits per heavy atom. The van der Waals surface area contributed by atoms with E-state index in [1.807, 2.05) is 27.7 Å². The summed E-state index contributed by atoms with van der Waals surface area (Å²) in [4.78, 5) is 48.6. The van der Waals surface area contributed by atoms with Gasteiger partial charge in [0.1, 0.15) is 11.7 Å². The Balaban J connectivity index is 1.32. The van der Waals surface area contributed by atoms with E-state index >= 15 is 0 Å². The molecule has 0 heterocycles. The molecule has 4 aliphatic rings. The molecule has 2 fully saturated rings. The lowest BCUT2D eigenvalue weighted by molar-refractivity contribution is -0.173. The van der Waals surface area contributed by atoms with Crippen molar-refractivity contribution in [3.8, 4) is 0 Å². The predicted molar refractivity (Wildman–Crippen MR) is 244 cm³/mol. The summed E-state index contributed by atoms with van der Waals surface area (Å²) in [5.74, 6) is 0.775. The molecule has 4 unspecified atom stereocenters. The fourth-order valence-electron chi connectivity index (χ4n) is 11.4. The summed E-state index contributed by atoms with van der Waals surface area (Å²) < 4.78 is 12.4. The normalized spacial score (nSPS) is 31.8. The molecule has 8 nitrogen and oxygen atoms in total. The van der Waals surface area contributed by atoms with Crippen LogP contribution in [0.25, 0.3) is 0 Å². The maximum absolute atomic E-state index is 13.4. The second-order valence-corrected chi connectivity index (χ2v) is 25.7. The van der Waals surface area contributed by atoms with Crippen LogP contribution in [0.1, 0.15) is 154 Å². The lowest BCUT2D eigenvalue weighted by Crippen LogP contribution is -2.56. The maximum Gasteiger partial charge on any atom is 0.310 e. The number of carboxylic acids is 2. The molecule has 0 radical (unpaired) electrons. The van der Waals surface area contributed by atoms with Crippen molar-refractivity contribution < 1.29 is 38.9 Å². The van der Waals surface area contributed by atoms with Crippen LogP contribution in [-0.2, 0) is 28.7 Å². The molecule has 0 amide bonds. The summed E-state index contributed by atoms with van der Waals surface area (Å²) in [7, 11) is 6.13. The SMILES string of the molecule is CC(CSSCC(C)C(=O)OC1CC[C@]2(C)C3=C(CC[C@H]2C1(C)C)[C@]1(C)CC[C@H]([C@H](C)CCCC(C)(C)OC(=O)[C@@H](C)CSSCC(C)C(=O)O)[C@@]1(C)CC3)C(=O)O. The number of allylic oxidation sites excluding steroid dienone is 2. The summed E-state index contributed by atoms with van der Waals surface area (Å²) >= 11 is 0. The Morgan fingerprint density at radius 1 is 0.707 bits per heavy atom. The van der Waals surface area contributed by atoms with Gasteiger partial charge in [-0.3, -0.25) is 19.2 Å². The van der Waals surface area contributed by atoms with Crippen molar-refractivity contribution in [2.75, 3.05) is 23.0 Å². The molecule has 12 heteroatoms. The first-order chi connectivity index (χ1) is 26.9. The predicted octanol–water partition coefficient (Wildman–Crippen LogP) is 12.3. The number of carboxylic acid groups (broad SMARTS) is 2. The molecule has 4 rings (SSSR count). The topological polar surface area (TPSA) is 127 Å². The first-order valence-electron chi connectivity index (χ1n) is 22.0. The fraction of sp³-hybridized carbons (Fsp3) is 0.870. The highest BCUT2D eigenvalue weighted by Gasteiger charge is 2.63. The van der Waals surface area contributed by atoms with E-state index in [1.54, 1.807) is 46.6 Å². The van der Waals surface area contributed by atoms with Crippen molar-refractivity contribution in [1.82, 2.24) is 0 Å². The lowest BCUT2D eigenvalue weighted by Gasteiger charge is -2.62. The van der Waals surface area contributed by atoms with Gasteiger partial charge in [0.2, 0.25) is 0 Å². The van der Waals surface area contributed by atoms with Crippen LogP contribution in [0.4, 0.5) is 0 Å². The molecule has 0 aromatic heterocycles. The first kappa shape index (κ1) is 49.7. The molecule has 0 bridgehead atoms. The second-order valence-electron chi connectivity index (χ2n) is 20.6. The Morgan fingerprint density at radius 2 is 1.24 bits per heavy atom. The molecule has 0 aromatic rings. The van der Waals surface area contributed by atoms with E-state index in [0.29, 0.717) is 40.8 Å². The molecular weight excluding hydrogens is 809 g/mol. The van der Waals surface area contributed by atoms with E-state index in [2.05, 4.69) is 41.5 Å². The zero-order valence-electron chi connectivity index (χ0n) is 37.7. The molecular formula is C46H76O8S4. The first-order valence-corrected chi connectivity index (χ1v) is 27.0. The van der Waals surface area contributed by atoms with Gasteiger partial charge >= 0.3 is 23.9 Å². The van der Waals surface area contributed by atoms with Gasteiger partial charge in [-0.05, 0) is 112 Å². The molecule has 332 valence electrons. The third kappa shape index (κ3) is 11.0. The average Bonchev–Trinajstić information content (AvgIpc) is 3.42. The quantitative estimate of drug-likeness (QED) is 0.0493.